The van der Waals surface area contributed by atoms with Crippen molar-refractivity contribution in [2.24, 2.45) is 0 Å². The van der Waals surface area contributed by atoms with E-state index >= 15 is 0 Å². The molecule has 2 aromatic rings. The van der Waals surface area contributed by atoms with Crippen molar-refractivity contribution < 1.29 is 9.47 Å². The zero-order chi connectivity index (χ0) is 13.9. The minimum absolute atomic E-state index is 0.102. The van der Waals surface area contributed by atoms with E-state index in [1.807, 2.05) is 24.3 Å². The predicted octanol–water partition coefficient (Wildman–Crippen LogP) is 1.53. The first kappa shape index (κ1) is 13.1. The summed E-state index contributed by atoms with van der Waals surface area (Å²) in [6.07, 6.45) is 1.85. The summed E-state index contributed by atoms with van der Waals surface area (Å²) in [5.74, 6) is 0.756. The first-order valence-electron chi connectivity index (χ1n) is 6.80. The molecule has 2 heterocycles. The first-order chi connectivity index (χ1) is 9.74. The number of morpholine rings is 1. The average Bonchev–Trinajstić information content (AvgIpc) is 2.47. The Bertz CT molecular complexity index is 603. The number of hydrogen-bond donors (Lipinski definition) is 1. The van der Waals surface area contributed by atoms with Gasteiger partial charge in [-0.05, 0) is 31.3 Å². The van der Waals surface area contributed by atoms with Crippen molar-refractivity contribution in [3.05, 3.63) is 30.5 Å². The number of hydrogen-bond acceptors (Lipinski definition) is 5. The fourth-order valence-corrected chi connectivity index (χ4v) is 2.44. The van der Waals surface area contributed by atoms with Crippen LogP contribution in [0.15, 0.2) is 30.5 Å². The molecule has 0 saturated carbocycles. The van der Waals surface area contributed by atoms with Gasteiger partial charge in [0.1, 0.15) is 24.0 Å². The van der Waals surface area contributed by atoms with E-state index in [1.54, 1.807) is 6.20 Å². The molecule has 1 aliphatic heterocycles. The van der Waals surface area contributed by atoms with Crippen molar-refractivity contribution in [2.45, 2.75) is 6.10 Å². The number of benzene rings is 1. The number of nitrogens with zero attached hydrogens (tertiary/aromatic N) is 2. The van der Waals surface area contributed by atoms with Gasteiger partial charge in [0.15, 0.2) is 0 Å². The van der Waals surface area contributed by atoms with Crippen LogP contribution in [0.2, 0.25) is 0 Å². The average molecular weight is 273 g/mol. The Morgan fingerprint density at radius 1 is 1.45 bits per heavy atom. The summed E-state index contributed by atoms with van der Waals surface area (Å²) in [7, 11) is 2.09. The van der Waals surface area contributed by atoms with E-state index in [0.29, 0.717) is 12.3 Å². The van der Waals surface area contributed by atoms with Gasteiger partial charge in [-0.2, -0.15) is 0 Å². The highest BCUT2D eigenvalue weighted by Gasteiger charge is 2.18. The quantitative estimate of drug-likeness (QED) is 0.859. The third-order valence-corrected chi connectivity index (χ3v) is 3.53. The van der Waals surface area contributed by atoms with E-state index in [0.717, 1.165) is 36.3 Å². The third kappa shape index (κ3) is 2.69. The Kier molecular flexibility index (Phi) is 3.71. The smallest absolute Gasteiger partial charge is 0.145 e. The van der Waals surface area contributed by atoms with Crippen LogP contribution in [-0.2, 0) is 4.74 Å². The van der Waals surface area contributed by atoms with Crippen molar-refractivity contribution in [3.8, 4) is 5.75 Å². The molecule has 20 heavy (non-hydrogen) atoms. The van der Waals surface area contributed by atoms with Crippen molar-refractivity contribution in [1.82, 2.24) is 9.88 Å². The summed E-state index contributed by atoms with van der Waals surface area (Å²) in [5, 5.41) is 0.923. The summed E-state index contributed by atoms with van der Waals surface area (Å²) in [4.78, 5) is 6.61. The zero-order valence-corrected chi connectivity index (χ0v) is 11.6. The number of likely N-dealkylation sites (N-methyl/N-ethyl adjacent to an activating group) is 1. The fraction of sp³-hybridized carbons (Fsp3) is 0.400. The van der Waals surface area contributed by atoms with E-state index in [-0.39, 0.29) is 6.10 Å². The summed E-state index contributed by atoms with van der Waals surface area (Å²) < 4.78 is 11.6. The lowest BCUT2D eigenvalue weighted by atomic mass is 10.1. The van der Waals surface area contributed by atoms with Gasteiger partial charge in [0.05, 0.1) is 6.61 Å². The van der Waals surface area contributed by atoms with E-state index in [9.17, 15) is 0 Å². The Morgan fingerprint density at radius 2 is 2.35 bits per heavy atom. The molecule has 1 aliphatic rings. The summed E-state index contributed by atoms with van der Waals surface area (Å²) >= 11 is 0. The molecule has 1 saturated heterocycles. The second-order valence-electron chi connectivity index (χ2n) is 5.12. The maximum absolute atomic E-state index is 5.96. The Hall–Kier alpha value is -1.85. The number of nitrogen functional groups attached to an aromatic ring is 1. The number of anilines is 1. The van der Waals surface area contributed by atoms with Crippen LogP contribution in [0.4, 0.5) is 5.69 Å². The minimum Gasteiger partial charge on any atom is -0.489 e. The van der Waals surface area contributed by atoms with Crippen LogP contribution in [0.3, 0.4) is 0 Å². The second-order valence-corrected chi connectivity index (χ2v) is 5.12. The van der Waals surface area contributed by atoms with Crippen molar-refractivity contribution in [1.29, 1.82) is 0 Å². The van der Waals surface area contributed by atoms with Gasteiger partial charge < -0.3 is 20.1 Å². The highest BCUT2D eigenvalue weighted by molar-refractivity contribution is 5.94. The van der Waals surface area contributed by atoms with Crippen molar-refractivity contribution in [3.63, 3.8) is 0 Å². The highest BCUT2D eigenvalue weighted by Crippen LogP contribution is 2.28. The maximum Gasteiger partial charge on any atom is 0.145 e. The van der Waals surface area contributed by atoms with Gasteiger partial charge >= 0.3 is 0 Å². The van der Waals surface area contributed by atoms with Crippen LogP contribution in [0.5, 0.6) is 5.75 Å². The minimum atomic E-state index is 0.102. The van der Waals surface area contributed by atoms with Gasteiger partial charge in [-0.3, -0.25) is 4.98 Å². The van der Waals surface area contributed by atoms with Gasteiger partial charge in [-0.1, -0.05) is 0 Å². The Morgan fingerprint density at radius 3 is 3.20 bits per heavy atom. The van der Waals surface area contributed by atoms with Crippen molar-refractivity contribution >= 4 is 16.6 Å². The molecular formula is C15H19N3O2. The number of fused-ring (bicyclic) bond motifs is 1. The number of rotatable bonds is 3. The zero-order valence-electron chi connectivity index (χ0n) is 11.6. The molecule has 0 bridgehead atoms. The van der Waals surface area contributed by atoms with Gasteiger partial charge in [0.25, 0.3) is 0 Å². The molecule has 1 unspecified atom stereocenters. The van der Waals surface area contributed by atoms with E-state index < -0.39 is 0 Å². The topological polar surface area (TPSA) is 60.6 Å². The molecule has 1 fully saturated rings. The normalized spacial score (nSPS) is 20.1. The van der Waals surface area contributed by atoms with E-state index in [2.05, 4.69) is 16.9 Å². The number of pyridine rings is 1. The predicted molar refractivity (Wildman–Crippen MR) is 78.9 cm³/mol. The molecule has 106 valence electrons. The standard InChI is InChI=1S/C15H19N3O2/c1-18-7-8-19-11(9-18)10-20-14-5-4-13(16)12-3-2-6-17-15(12)14/h2-6,11H,7-10,16H2,1H3. The van der Waals surface area contributed by atoms with Crippen LogP contribution in [0, 0.1) is 0 Å². The molecule has 0 spiro atoms. The SMILES string of the molecule is CN1CCOC(COc2ccc(N)c3cccnc23)C1. The van der Waals surface area contributed by atoms with Crippen LogP contribution >= 0.6 is 0 Å². The molecule has 0 radical (unpaired) electrons. The molecular weight excluding hydrogens is 254 g/mol. The van der Waals surface area contributed by atoms with Gasteiger partial charge in [0.2, 0.25) is 0 Å². The maximum atomic E-state index is 5.96. The first-order valence-corrected chi connectivity index (χ1v) is 6.80. The molecule has 5 heteroatoms. The van der Waals surface area contributed by atoms with Crippen LogP contribution < -0.4 is 10.5 Å². The molecule has 5 nitrogen and oxygen atoms in total. The molecule has 0 amide bonds. The van der Waals surface area contributed by atoms with Crippen molar-refractivity contribution in [2.75, 3.05) is 39.1 Å². The summed E-state index contributed by atoms with van der Waals surface area (Å²) in [6.45, 7) is 3.15. The van der Waals surface area contributed by atoms with Gasteiger partial charge in [-0.15, -0.1) is 0 Å². The Labute approximate surface area is 118 Å². The van der Waals surface area contributed by atoms with Gasteiger partial charge in [0, 0.05) is 30.4 Å². The number of aromatic nitrogens is 1. The van der Waals surface area contributed by atoms with Crippen LogP contribution in [-0.4, -0.2) is 49.3 Å². The largest absolute Gasteiger partial charge is 0.489 e. The molecule has 3 rings (SSSR count). The highest BCUT2D eigenvalue weighted by atomic mass is 16.5. The second kappa shape index (κ2) is 5.64. The molecule has 1 aromatic carbocycles. The van der Waals surface area contributed by atoms with Gasteiger partial charge in [-0.25, -0.2) is 0 Å². The summed E-state index contributed by atoms with van der Waals surface area (Å²) in [5.41, 5.74) is 7.47. The van der Waals surface area contributed by atoms with Crippen LogP contribution in [0.25, 0.3) is 10.9 Å². The monoisotopic (exact) mass is 273 g/mol. The molecule has 2 N–H and O–H groups in total. The fourth-order valence-electron chi connectivity index (χ4n) is 2.44. The van der Waals surface area contributed by atoms with E-state index in [4.69, 9.17) is 15.2 Å². The lowest BCUT2D eigenvalue weighted by molar-refractivity contribution is -0.0401. The molecule has 0 aliphatic carbocycles. The lowest BCUT2D eigenvalue weighted by Crippen LogP contribution is -2.42. The lowest BCUT2D eigenvalue weighted by Gasteiger charge is -2.29. The molecule has 1 aromatic heterocycles. The number of ether oxygens (including phenoxy) is 2. The number of nitrogens with two attached hydrogens (primary N) is 1. The van der Waals surface area contributed by atoms with E-state index in [1.165, 1.54) is 0 Å². The Balaban J connectivity index is 1.76. The van der Waals surface area contributed by atoms with Crippen LogP contribution in [0.1, 0.15) is 0 Å². The summed E-state index contributed by atoms with van der Waals surface area (Å²) in [6, 6.07) is 7.56. The molecule has 1 atom stereocenters. The third-order valence-electron chi connectivity index (χ3n) is 3.53.